The molecule has 1 aromatic carbocycles. The molecule has 7 nitrogen and oxygen atoms in total. The minimum absolute atomic E-state index is 0. The van der Waals surface area contributed by atoms with E-state index in [4.69, 9.17) is 9.26 Å². The number of benzene rings is 1. The number of aliphatic imine (C=N–C) groups is 1. The van der Waals surface area contributed by atoms with Gasteiger partial charge in [-0.3, -0.25) is 4.99 Å². The van der Waals surface area contributed by atoms with Crippen molar-refractivity contribution in [2.75, 3.05) is 33.8 Å². The zero-order valence-corrected chi connectivity index (χ0v) is 18.4. The highest BCUT2D eigenvalue weighted by molar-refractivity contribution is 14.0. The number of nitrogens with one attached hydrogen (secondary N) is 1. The Morgan fingerprint density at radius 3 is 2.63 bits per heavy atom. The molecule has 0 spiro atoms. The van der Waals surface area contributed by atoms with Crippen LogP contribution >= 0.6 is 24.0 Å². The van der Waals surface area contributed by atoms with E-state index in [0.29, 0.717) is 37.8 Å². The van der Waals surface area contributed by atoms with Crippen LogP contribution in [-0.2, 0) is 6.42 Å². The molecule has 0 fully saturated rings. The summed E-state index contributed by atoms with van der Waals surface area (Å²) in [6.45, 7) is 5.78. The highest BCUT2D eigenvalue weighted by Gasteiger charge is 2.10. The molecule has 0 aliphatic rings. The van der Waals surface area contributed by atoms with Gasteiger partial charge in [-0.25, -0.2) is 4.39 Å². The molecule has 27 heavy (non-hydrogen) atoms. The highest BCUT2D eigenvalue weighted by Crippen LogP contribution is 2.11. The van der Waals surface area contributed by atoms with Crippen molar-refractivity contribution in [2.24, 2.45) is 4.99 Å². The van der Waals surface area contributed by atoms with Crippen molar-refractivity contribution in [3.8, 4) is 5.75 Å². The van der Waals surface area contributed by atoms with Crippen LogP contribution in [0.2, 0.25) is 0 Å². The number of ether oxygens (including phenoxy) is 1. The van der Waals surface area contributed by atoms with Gasteiger partial charge in [-0.1, -0.05) is 19.0 Å². The largest absolute Gasteiger partial charge is 0.492 e. The summed E-state index contributed by atoms with van der Waals surface area (Å²) in [6, 6.07) is 5.97. The first kappa shape index (κ1) is 23.1. The summed E-state index contributed by atoms with van der Waals surface area (Å²) in [4.78, 5) is 10.6. The predicted octanol–water partition coefficient (Wildman–Crippen LogP) is 3.08. The smallest absolute Gasteiger partial charge is 0.228 e. The lowest BCUT2D eigenvalue weighted by molar-refractivity contribution is 0.281. The van der Waals surface area contributed by atoms with Crippen LogP contribution in [0.4, 0.5) is 4.39 Å². The number of guanidine groups is 1. The molecule has 0 aliphatic heterocycles. The maximum absolute atomic E-state index is 12.9. The van der Waals surface area contributed by atoms with E-state index in [9.17, 15) is 4.39 Å². The average molecular weight is 491 g/mol. The molecular formula is C18H27FIN5O2. The van der Waals surface area contributed by atoms with E-state index >= 15 is 0 Å². The summed E-state index contributed by atoms with van der Waals surface area (Å²) in [5.41, 5.74) is 0. The lowest BCUT2D eigenvalue weighted by Crippen LogP contribution is -2.41. The van der Waals surface area contributed by atoms with Crippen molar-refractivity contribution in [1.29, 1.82) is 0 Å². The number of rotatable bonds is 8. The number of likely N-dealkylation sites (N-methyl/N-ethyl adjacent to an activating group) is 1. The molecule has 0 amide bonds. The Hall–Kier alpha value is -1.91. The molecule has 0 saturated carbocycles. The van der Waals surface area contributed by atoms with Crippen molar-refractivity contribution < 1.29 is 13.7 Å². The third-order valence-corrected chi connectivity index (χ3v) is 3.70. The molecule has 1 N–H and O–H groups in total. The standard InChI is InChI=1S/C18H26FN5O2.HI/c1-13(2)17-22-16(26-23-17)9-10-21-18(20-3)24(4)11-12-25-15-7-5-14(19)6-8-15;/h5-8,13H,9-12H2,1-4H3,(H,20,21);1H. The Bertz CT molecular complexity index is 706. The summed E-state index contributed by atoms with van der Waals surface area (Å²) in [5, 5.41) is 7.20. The topological polar surface area (TPSA) is 75.8 Å². The fourth-order valence-electron chi connectivity index (χ4n) is 2.21. The first-order valence-corrected chi connectivity index (χ1v) is 8.62. The molecule has 0 unspecified atom stereocenters. The van der Waals surface area contributed by atoms with E-state index in [1.54, 1.807) is 19.2 Å². The van der Waals surface area contributed by atoms with Crippen molar-refractivity contribution in [3.63, 3.8) is 0 Å². The minimum Gasteiger partial charge on any atom is -0.492 e. The summed E-state index contributed by atoms with van der Waals surface area (Å²) in [5.74, 6) is 2.69. The Labute approximate surface area is 176 Å². The fraction of sp³-hybridized carbons (Fsp3) is 0.500. The molecule has 0 atom stereocenters. The van der Waals surface area contributed by atoms with Crippen LogP contribution in [0.3, 0.4) is 0 Å². The van der Waals surface area contributed by atoms with E-state index < -0.39 is 0 Å². The molecule has 2 rings (SSSR count). The number of hydrogen-bond donors (Lipinski definition) is 1. The molecule has 150 valence electrons. The Morgan fingerprint density at radius 1 is 1.33 bits per heavy atom. The first-order chi connectivity index (χ1) is 12.5. The molecular weight excluding hydrogens is 464 g/mol. The van der Waals surface area contributed by atoms with E-state index in [1.165, 1.54) is 12.1 Å². The zero-order valence-electron chi connectivity index (χ0n) is 16.1. The Balaban J connectivity index is 0.00000364. The van der Waals surface area contributed by atoms with Crippen molar-refractivity contribution >= 4 is 29.9 Å². The summed E-state index contributed by atoms with van der Waals surface area (Å²) in [6.07, 6.45) is 0.624. The van der Waals surface area contributed by atoms with Gasteiger partial charge in [0.05, 0.1) is 6.54 Å². The third kappa shape index (κ3) is 7.69. The molecule has 9 heteroatoms. The second-order valence-electron chi connectivity index (χ2n) is 6.15. The second kappa shape index (κ2) is 11.7. The van der Waals surface area contributed by atoms with Crippen molar-refractivity contribution in [1.82, 2.24) is 20.4 Å². The van der Waals surface area contributed by atoms with E-state index in [1.807, 2.05) is 25.8 Å². The van der Waals surface area contributed by atoms with Crippen molar-refractivity contribution in [3.05, 3.63) is 41.8 Å². The van der Waals surface area contributed by atoms with Crippen molar-refractivity contribution in [2.45, 2.75) is 26.2 Å². The number of hydrogen-bond acceptors (Lipinski definition) is 5. The first-order valence-electron chi connectivity index (χ1n) is 8.62. The molecule has 1 heterocycles. The molecule has 0 radical (unpaired) electrons. The molecule has 0 aliphatic carbocycles. The van der Waals surface area contributed by atoms with Gasteiger partial charge in [0.25, 0.3) is 0 Å². The van der Waals surface area contributed by atoms with Crippen LogP contribution in [0.15, 0.2) is 33.8 Å². The lowest BCUT2D eigenvalue weighted by Gasteiger charge is -2.21. The maximum atomic E-state index is 12.9. The average Bonchev–Trinajstić information content (AvgIpc) is 3.09. The lowest BCUT2D eigenvalue weighted by atomic mass is 10.2. The summed E-state index contributed by atoms with van der Waals surface area (Å²) >= 11 is 0. The number of aromatic nitrogens is 2. The number of halogens is 2. The quantitative estimate of drug-likeness (QED) is 0.348. The van der Waals surface area contributed by atoms with Gasteiger partial charge in [0.1, 0.15) is 18.2 Å². The van der Waals surface area contributed by atoms with Gasteiger partial charge < -0.3 is 19.5 Å². The highest BCUT2D eigenvalue weighted by atomic mass is 127. The summed E-state index contributed by atoms with van der Waals surface area (Å²) in [7, 11) is 3.65. The Morgan fingerprint density at radius 2 is 2.04 bits per heavy atom. The van der Waals surface area contributed by atoms with Crippen LogP contribution in [0.5, 0.6) is 5.75 Å². The zero-order chi connectivity index (χ0) is 18.9. The second-order valence-corrected chi connectivity index (χ2v) is 6.15. The van der Waals surface area contributed by atoms with Crippen LogP contribution in [0, 0.1) is 5.82 Å². The molecule has 0 saturated heterocycles. The van der Waals surface area contributed by atoms with Gasteiger partial charge in [0, 0.05) is 33.0 Å². The van der Waals surface area contributed by atoms with Gasteiger partial charge >= 0.3 is 0 Å². The maximum Gasteiger partial charge on any atom is 0.228 e. The van der Waals surface area contributed by atoms with Gasteiger partial charge in [-0.05, 0) is 24.3 Å². The van der Waals surface area contributed by atoms with E-state index in [0.717, 1.165) is 11.8 Å². The van der Waals surface area contributed by atoms with Crippen LogP contribution in [0.1, 0.15) is 31.5 Å². The van der Waals surface area contributed by atoms with Crippen LogP contribution < -0.4 is 10.1 Å². The van der Waals surface area contributed by atoms with Crippen LogP contribution in [0.25, 0.3) is 0 Å². The molecule has 0 bridgehead atoms. The summed E-state index contributed by atoms with van der Waals surface area (Å²) < 4.78 is 23.7. The van der Waals surface area contributed by atoms with E-state index in [-0.39, 0.29) is 35.7 Å². The molecule has 1 aromatic heterocycles. The fourth-order valence-corrected chi connectivity index (χ4v) is 2.21. The van der Waals surface area contributed by atoms with Gasteiger partial charge in [0.2, 0.25) is 5.89 Å². The predicted molar refractivity (Wildman–Crippen MR) is 113 cm³/mol. The third-order valence-electron chi connectivity index (χ3n) is 3.70. The number of nitrogens with zero attached hydrogens (tertiary/aromatic N) is 4. The minimum atomic E-state index is -0.277. The monoisotopic (exact) mass is 491 g/mol. The SMILES string of the molecule is CN=C(NCCc1nc(C(C)C)no1)N(C)CCOc1ccc(F)cc1.I. The van der Waals surface area contributed by atoms with Gasteiger partial charge in [0.15, 0.2) is 11.8 Å². The Kier molecular flexibility index (Phi) is 10.0. The normalized spacial score (nSPS) is 11.3. The van der Waals surface area contributed by atoms with Gasteiger partial charge in [-0.2, -0.15) is 4.98 Å². The van der Waals surface area contributed by atoms with E-state index in [2.05, 4.69) is 20.4 Å². The molecule has 2 aromatic rings. The van der Waals surface area contributed by atoms with Crippen LogP contribution in [-0.4, -0.2) is 54.8 Å². The van der Waals surface area contributed by atoms with Gasteiger partial charge in [-0.15, -0.1) is 24.0 Å².